The molecule has 1 aromatic rings. The van der Waals surface area contributed by atoms with Crippen molar-refractivity contribution in [2.45, 2.75) is 84.0 Å². The van der Waals surface area contributed by atoms with Crippen LogP contribution in [0.1, 0.15) is 88.7 Å². The van der Waals surface area contributed by atoms with E-state index < -0.39 is 0 Å². The molecule has 1 aliphatic rings. The third-order valence-electron chi connectivity index (χ3n) is 5.15. The van der Waals surface area contributed by atoms with Crippen LogP contribution in [0.4, 0.5) is 0 Å². The summed E-state index contributed by atoms with van der Waals surface area (Å²) in [6.45, 7) is 4.67. The summed E-state index contributed by atoms with van der Waals surface area (Å²) in [4.78, 5) is 0. The maximum Gasteiger partial charge on any atom is -0.0159 e. The maximum atomic E-state index is 2.41. The number of hydrogen-bond donors (Lipinski definition) is 0. The van der Waals surface area contributed by atoms with Crippen LogP contribution in [0.25, 0.3) is 0 Å². The van der Waals surface area contributed by atoms with Crippen LogP contribution < -0.4 is 0 Å². The Morgan fingerprint density at radius 3 is 2.50 bits per heavy atom. The summed E-state index contributed by atoms with van der Waals surface area (Å²) in [6, 6.07) is 9.31. The Morgan fingerprint density at radius 2 is 1.80 bits per heavy atom. The average molecular weight is 272 g/mol. The molecule has 0 aromatic heterocycles. The van der Waals surface area contributed by atoms with Crippen molar-refractivity contribution in [3.8, 4) is 0 Å². The first-order valence-electron chi connectivity index (χ1n) is 8.93. The molecular formula is C20H32. The molecule has 0 bridgehead atoms. The SMILES string of the molecule is CCCCC(CC)Cc1ccccc1C1CCCCC1. The second-order valence-electron chi connectivity index (χ2n) is 6.65. The topological polar surface area (TPSA) is 0 Å². The lowest BCUT2D eigenvalue weighted by Crippen LogP contribution is -2.10. The van der Waals surface area contributed by atoms with E-state index in [-0.39, 0.29) is 0 Å². The van der Waals surface area contributed by atoms with Crippen LogP contribution in [-0.2, 0) is 6.42 Å². The summed E-state index contributed by atoms with van der Waals surface area (Å²) < 4.78 is 0. The largest absolute Gasteiger partial charge is 0.0654 e. The van der Waals surface area contributed by atoms with Crippen molar-refractivity contribution in [3.63, 3.8) is 0 Å². The Labute approximate surface area is 126 Å². The lowest BCUT2D eigenvalue weighted by atomic mass is 9.80. The summed E-state index contributed by atoms with van der Waals surface area (Å²) >= 11 is 0. The van der Waals surface area contributed by atoms with Crippen molar-refractivity contribution in [3.05, 3.63) is 35.4 Å². The molecule has 1 saturated carbocycles. The summed E-state index contributed by atoms with van der Waals surface area (Å²) in [5.74, 6) is 1.74. The van der Waals surface area contributed by atoms with Crippen molar-refractivity contribution in [1.82, 2.24) is 0 Å². The van der Waals surface area contributed by atoms with E-state index in [9.17, 15) is 0 Å². The maximum absolute atomic E-state index is 2.41. The van der Waals surface area contributed by atoms with E-state index >= 15 is 0 Å². The number of unbranched alkanes of at least 4 members (excludes halogenated alkanes) is 1. The van der Waals surface area contributed by atoms with Gasteiger partial charge in [-0.2, -0.15) is 0 Å². The van der Waals surface area contributed by atoms with E-state index in [1.807, 2.05) is 0 Å². The third-order valence-corrected chi connectivity index (χ3v) is 5.15. The molecule has 0 amide bonds. The summed E-state index contributed by atoms with van der Waals surface area (Å²) in [5, 5.41) is 0. The van der Waals surface area contributed by atoms with Crippen LogP contribution in [-0.4, -0.2) is 0 Å². The van der Waals surface area contributed by atoms with Gasteiger partial charge >= 0.3 is 0 Å². The highest BCUT2D eigenvalue weighted by Gasteiger charge is 2.19. The Morgan fingerprint density at radius 1 is 1.05 bits per heavy atom. The molecule has 0 radical (unpaired) electrons. The minimum atomic E-state index is 0.851. The van der Waals surface area contributed by atoms with Crippen molar-refractivity contribution in [2.75, 3.05) is 0 Å². The summed E-state index contributed by atoms with van der Waals surface area (Å²) in [6.07, 6.45) is 13.9. The quantitative estimate of drug-likeness (QED) is 0.532. The third kappa shape index (κ3) is 4.36. The fourth-order valence-corrected chi connectivity index (χ4v) is 3.79. The van der Waals surface area contributed by atoms with Crippen LogP contribution in [0.15, 0.2) is 24.3 Å². The summed E-state index contributed by atoms with van der Waals surface area (Å²) in [5.41, 5.74) is 3.34. The summed E-state index contributed by atoms with van der Waals surface area (Å²) in [7, 11) is 0. The van der Waals surface area contributed by atoms with Gasteiger partial charge in [0.2, 0.25) is 0 Å². The number of benzene rings is 1. The lowest BCUT2D eigenvalue weighted by Gasteiger charge is -2.26. The number of rotatable bonds is 7. The Kier molecular flexibility index (Phi) is 6.63. The van der Waals surface area contributed by atoms with Crippen LogP contribution in [0.3, 0.4) is 0 Å². The first-order chi connectivity index (χ1) is 9.85. The zero-order chi connectivity index (χ0) is 14.2. The Hall–Kier alpha value is -0.780. The van der Waals surface area contributed by atoms with E-state index in [0.29, 0.717) is 0 Å². The van der Waals surface area contributed by atoms with E-state index in [2.05, 4.69) is 38.1 Å². The molecule has 0 nitrogen and oxygen atoms in total. The minimum Gasteiger partial charge on any atom is -0.0654 e. The number of hydrogen-bond acceptors (Lipinski definition) is 0. The molecule has 1 aromatic carbocycles. The molecule has 112 valence electrons. The molecule has 2 rings (SSSR count). The second kappa shape index (κ2) is 8.49. The molecule has 1 unspecified atom stereocenters. The van der Waals surface area contributed by atoms with Gasteiger partial charge in [0.05, 0.1) is 0 Å². The van der Waals surface area contributed by atoms with Gasteiger partial charge in [0, 0.05) is 0 Å². The van der Waals surface area contributed by atoms with E-state index in [4.69, 9.17) is 0 Å². The van der Waals surface area contributed by atoms with Crippen LogP contribution in [0, 0.1) is 5.92 Å². The van der Waals surface area contributed by atoms with E-state index in [1.165, 1.54) is 64.2 Å². The van der Waals surface area contributed by atoms with E-state index in [1.54, 1.807) is 11.1 Å². The van der Waals surface area contributed by atoms with Crippen LogP contribution in [0.5, 0.6) is 0 Å². The molecule has 0 heteroatoms. The Bertz CT molecular complexity index is 373. The highest BCUT2D eigenvalue weighted by molar-refractivity contribution is 5.31. The second-order valence-corrected chi connectivity index (χ2v) is 6.65. The zero-order valence-electron chi connectivity index (χ0n) is 13.5. The van der Waals surface area contributed by atoms with Gasteiger partial charge in [-0.3, -0.25) is 0 Å². The molecule has 0 N–H and O–H groups in total. The average Bonchev–Trinajstić information content (AvgIpc) is 2.52. The van der Waals surface area contributed by atoms with Gasteiger partial charge in [0.25, 0.3) is 0 Å². The monoisotopic (exact) mass is 272 g/mol. The molecule has 0 aliphatic heterocycles. The fourth-order valence-electron chi connectivity index (χ4n) is 3.79. The first kappa shape index (κ1) is 15.6. The molecule has 1 fully saturated rings. The Balaban J connectivity index is 2.06. The van der Waals surface area contributed by atoms with E-state index in [0.717, 1.165) is 11.8 Å². The highest BCUT2D eigenvalue weighted by atomic mass is 14.2. The fraction of sp³-hybridized carbons (Fsp3) is 0.700. The lowest BCUT2D eigenvalue weighted by molar-refractivity contribution is 0.427. The molecule has 1 aliphatic carbocycles. The minimum absolute atomic E-state index is 0.851. The van der Waals surface area contributed by atoms with Gasteiger partial charge in [-0.15, -0.1) is 0 Å². The van der Waals surface area contributed by atoms with Gasteiger partial charge < -0.3 is 0 Å². The van der Waals surface area contributed by atoms with Gasteiger partial charge in [-0.05, 0) is 42.2 Å². The molecule has 0 heterocycles. The highest BCUT2D eigenvalue weighted by Crippen LogP contribution is 2.35. The predicted molar refractivity (Wildman–Crippen MR) is 89.3 cm³/mol. The first-order valence-corrected chi connectivity index (χ1v) is 8.93. The standard InChI is InChI=1S/C20H32/c1-3-5-11-17(4-2)16-19-14-9-10-15-20(19)18-12-7-6-8-13-18/h9-10,14-15,17-18H,3-8,11-13,16H2,1-2H3. The van der Waals surface area contributed by atoms with Crippen molar-refractivity contribution in [1.29, 1.82) is 0 Å². The molecule has 1 atom stereocenters. The van der Waals surface area contributed by atoms with Crippen LogP contribution in [0.2, 0.25) is 0 Å². The predicted octanol–water partition coefficient (Wildman–Crippen LogP) is 6.49. The molecule has 0 saturated heterocycles. The zero-order valence-corrected chi connectivity index (χ0v) is 13.5. The van der Waals surface area contributed by atoms with Gasteiger partial charge in [-0.25, -0.2) is 0 Å². The van der Waals surface area contributed by atoms with Crippen LogP contribution >= 0.6 is 0 Å². The molecule has 20 heavy (non-hydrogen) atoms. The van der Waals surface area contributed by atoms with Gasteiger partial charge in [0.15, 0.2) is 0 Å². The smallest absolute Gasteiger partial charge is 0.0159 e. The van der Waals surface area contributed by atoms with Crippen molar-refractivity contribution >= 4 is 0 Å². The normalized spacial score (nSPS) is 18.1. The molecule has 0 spiro atoms. The van der Waals surface area contributed by atoms with Crippen molar-refractivity contribution < 1.29 is 0 Å². The molecular weight excluding hydrogens is 240 g/mol. The van der Waals surface area contributed by atoms with Gasteiger partial charge in [-0.1, -0.05) is 83.1 Å². The van der Waals surface area contributed by atoms with Crippen molar-refractivity contribution in [2.24, 2.45) is 5.92 Å². The van der Waals surface area contributed by atoms with Gasteiger partial charge in [0.1, 0.15) is 0 Å².